The molecule has 0 aliphatic rings. The number of para-hydroxylation sites is 2. The quantitative estimate of drug-likeness (QED) is 0.188. The van der Waals surface area contributed by atoms with Crippen molar-refractivity contribution in [1.82, 2.24) is 29.1 Å². The van der Waals surface area contributed by atoms with E-state index >= 15 is 0 Å². The molecular weight excluding hydrogens is 613 g/mol. The smallest absolute Gasteiger partial charge is 0.238 e. The van der Waals surface area contributed by atoms with Gasteiger partial charge >= 0.3 is 0 Å². The third-order valence-electron chi connectivity index (χ3n) is 9.48. The fourth-order valence-electron chi connectivity index (χ4n) is 7.26. The van der Waals surface area contributed by atoms with Crippen LogP contribution in [-0.2, 0) is 0 Å². The predicted octanol–water partition coefficient (Wildman–Crippen LogP) is 10.5. The average molecular weight is 641 g/mol. The summed E-state index contributed by atoms with van der Waals surface area (Å²) in [4.78, 5) is 19.7. The van der Waals surface area contributed by atoms with Gasteiger partial charge < -0.3 is 4.57 Å². The molecule has 0 unspecified atom stereocenters. The van der Waals surface area contributed by atoms with Gasteiger partial charge in [0.05, 0.1) is 22.1 Å². The van der Waals surface area contributed by atoms with Gasteiger partial charge in [-0.15, -0.1) is 0 Å². The standard InChI is InChI=1S/C44H28N6/c1-4-13-29(14-5-1)42-46-43(30-15-6-2-7-16-30)48-44(47-42)50-37-21-11-10-19-34(37)35-27-31(23-24-38(35)50)33-20-12-22-40-41(33)36-28-45-26-25-39(36)49(40)32-17-8-3-9-18-32/h1-28H. The molecule has 6 aromatic carbocycles. The Morgan fingerprint density at radius 2 is 1.02 bits per heavy atom. The Morgan fingerprint density at radius 3 is 1.76 bits per heavy atom. The number of aromatic nitrogens is 6. The molecule has 0 saturated carbocycles. The van der Waals surface area contributed by atoms with E-state index in [1.54, 1.807) is 0 Å². The first-order chi connectivity index (χ1) is 24.8. The first-order valence-electron chi connectivity index (χ1n) is 16.7. The van der Waals surface area contributed by atoms with Gasteiger partial charge in [-0.3, -0.25) is 9.55 Å². The Morgan fingerprint density at radius 1 is 0.400 bits per heavy atom. The zero-order chi connectivity index (χ0) is 33.0. The molecule has 4 heterocycles. The summed E-state index contributed by atoms with van der Waals surface area (Å²) in [5.41, 5.74) is 9.63. The molecule has 0 fully saturated rings. The van der Waals surface area contributed by atoms with Crippen LogP contribution in [0, 0.1) is 0 Å². The Hall–Kier alpha value is -6.92. The van der Waals surface area contributed by atoms with E-state index < -0.39 is 0 Å². The van der Waals surface area contributed by atoms with Gasteiger partial charge in [0.2, 0.25) is 5.95 Å². The molecule has 0 aliphatic heterocycles. The molecule has 10 rings (SSSR count). The maximum Gasteiger partial charge on any atom is 0.238 e. The average Bonchev–Trinajstić information content (AvgIpc) is 3.71. The topological polar surface area (TPSA) is 61.4 Å². The van der Waals surface area contributed by atoms with Crippen molar-refractivity contribution in [1.29, 1.82) is 0 Å². The number of pyridine rings is 1. The van der Waals surface area contributed by atoms with Gasteiger partial charge in [-0.25, -0.2) is 4.98 Å². The molecule has 0 aliphatic carbocycles. The zero-order valence-electron chi connectivity index (χ0n) is 26.8. The van der Waals surface area contributed by atoms with Crippen LogP contribution in [0.3, 0.4) is 0 Å². The summed E-state index contributed by atoms with van der Waals surface area (Å²) < 4.78 is 4.50. The number of benzene rings is 6. The fraction of sp³-hybridized carbons (Fsp3) is 0. The Bertz CT molecular complexity index is 2800. The maximum absolute atomic E-state index is 5.09. The molecule has 6 nitrogen and oxygen atoms in total. The minimum Gasteiger partial charge on any atom is -0.309 e. The third-order valence-corrected chi connectivity index (χ3v) is 9.48. The van der Waals surface area contributed by atoms with E-state index in [2.05, 4.69) is 111 Å². The van der Waals surface area contributed by atoms with E-state index in [4.69, 9.17) is 15.0 Å². The second kappa shape index (κ2) is 11.4. The van der Waals surface area contributed by atoms with E-state index in [9.17, 15) is 0 Å². The van der Waals surface area contributed by atoms with Crippen LogP contribution in [0.15, 0.2) is 170 Å². The van der Waals surface area contributed by atoms with E-state index in [1.807, 2.05) is 73.1 Å². The van der Waals surface area contributed by atoms with Crippen LogP contribution in [0.5, 0.6) is 0 Å². The largest absolute Gasteiger partial charge is 0.309 e. The Labute approximate surface area is 287 Å². The zero-order valence-corrected chi connectivity index (χ0v) is 26.8. The number of hydrogen-bond acceptors (Lipinski definition) is 4. The molecule has 0 spiro atoms. The van der Waals surface area contributed by atoms with Crippen LogP contribution >= 0.6 is 0 Å². The van der Waals surface area contributed by atoms with E-state index in [1.165, 1.54) is 5.39 Å². The van der Waals surface area contributed by atoms with Crippen LogP contribution in [0.1, 0.15) is 0 Å². The highest BCUT2D eigenvalue weighted by Crippen LogP contribution is 2.40. The van der Waals surface area contributed by atoms with Gasteiger partial charge in [0.1, 0.15) is 0 Å². The molecule has 234 valence electrons. The summed E-state index contributed by atoms with van der Waals surface area (Å²) in [6.07, 6.45) is 3.86. The lowest BCUT2D eigenvalue weighted by molar-refractivity contribution is 0.953. The van der Waals surface area contributed by atoms with Crippen molar-refractivity contribution in [3.63, 3.8) is 0 Å². The highest BCUT2D eigenvalue weighted by molar-refractivity contribution is 6.17. The molecule has 10 aromatic rings. The van der Waals surface area contributed by atoms with Crippen LogP contribution in [0.25, 0.3) is 89.2 Å². The first-order valence-corrected chi connectivity index (χ1v) is 16.7. The van der Waals surface area contributed by atoms with Crippen molar-refractivity contribution in [2.45, 2.75) is 0 Å². The molecular formula is C44H28N6. The summed E-state index contributed by atoms with van der Waals surface area (Å²) in [5.74, 6) is 1.84. The summed E-state index contributed by atoms with van der Waals surface area (Å²) in [7, 11) is 0. The third kappa shape index (κ3) is 4.43. The molecule has 6 heteroatoms. The van der Waals surface area contributed by atoms with Gasteiger partial charge in [-0.2, -0.15) is 9.97 Å². The van der Waals surface area contributed by atoms with Gasteiger partial charge in [-0.1, -0.05) is 115 Å². The lowest BCUT2D eigenvalue weighted by Crippen LogP contribution is -2.06. The first kappa shape index (κ1) is 28.1. The highest BCUT2D eigenvalue weighted by atomic mass is 15.2. The molecule has 4 aromatic heterocycles. The molecule has 0 atom stereocenters. The predicted molar refractivity (Wildman–Crippen MR) is 203 cm³/mol. The van der Waals surface area contributed by atoms with Crippen LogP contribution in [0.2, 0.25) is 0 Å². The van der Waals surface area contributed by atoms with Crippen molar-refractivity contribution in [2.75, 3.05) is 0 Å². The number of hydrogen-bond donors (Lipinski definition) is 0. The molecule has 50 heavy (non-hydrogen) atoms. The van der Waals surface area contributed by atoms with Crippen molar-refractivity contribution in [3.05, 3.63) is 170 Å². The van der Waals surface area contributed by atoms with Crippen molar-refractivity contribution in [3.8, 4) is 45.5 Å². The fourth-order valence-corrected chi connectivity index (χ4v) is 7.26. The van der Waals surface area contributed by atoms with Gasteiger partial charge in [0.15, 0.2) is 11.6 Å². The van der Waals surface area contributed by atoms with Crippen molar-refractivity contribution >= 4 is 43.6 Å². The maximum atomic E-state index is 5.09. The summed E-state index contributed by atoms with van der Waals surface area (Å²) in [6.45, 7) is 0. The van der Waals surface area contributed by atoms with E-state index in [0.717, 1.165) is 66.2 Å². The molecule has 0 N–H and O–H groups in total. The minimum atomic E-state index is 0.579. The van der Waals surface area contributed by atoms with Crippen molar-refractivity contribution in [2.24, 2.45) is 0 Å². The van der Waals surface area contributed by atoms with Crippen molar-refractivity contribution < 1.29 is 0 Å². The Balaban J connectivity index is 1.22. The normalized spacial score (nSPS) is 11.6. The summed E-state index contributed by atoms with van der Waals surface area (Å²) >= 11 is 0. The number of nitrogens with zero attached hydrogens (tertiary/aromatic N) is 6. The van der Waals surface area contributed by atoms with Gasteiger partial charge in [0, 0.05) is 50.8 Å². The number of fused-ring (bicyclic) bond motifs is 6. The summed E-state index contributed by atoms with van der Waals surface area (Å²) in [5, 5.41) is 4.56. The molecule has 0 saturated heterocycles. The molecule has 0 amide bonds. The molecule has 0 bridgehead atoms. The minimum absolute atomic E-state index is 0.579. The van der Waals surface area contributed by atoms with Gasteiger partial charge in [-0.05, 0) is 53.6 Å². The number of rotatable bonds is 5. The Kier molecular flexibility index (Phi) is 6.39. The lowest BCUT2D eigenvalue weighted by Gasteiger charge is -2.11. The van der Waals surface area contributed by atoms with Crippen LogP contribution < -0.4 is 0 Å². The molecule has 0 radical (unpaired) electrons. The van der Waals surface area contributed by atoms with Crippen LogP contribution in [0.4, 0.5) is 0 Å². The lowest BCUT2D eigenvalue weighted by atomic mass is 9.98. The van der Waals surface area contributed by atoms with E-state index in [-0.39, 0.29) is 0 Å². The van der Waals surface area contributed by atoms with Crippen LogP contribution in [-0.4, -0.2) is 29.1 Å². The highest BCUT2D eigenvalue weighted by Gasteiger charge is 2.20. The SMILES string of the molecule is c1ccc(-c2nc(-c3ccccc3)nc(-n3c4ccccc4c4cc(-c5cccc6c5c5cnccc5n6-c5ccccc5)ccc43)n2)cc1. The second-order valence-corrected chi connectivity index (χ2v) is 12.4. The summed E-state index contributed by atoms with van der Waals surface area (Å²) in [6, 6.07) is 54.6. The monoisotopic (exact) mass is 640 g/mol. The van der Waals surface area contributed by atoms with Gasteiger partial charge in [0.25, 0.3) is 0 Å². The van der Waals surface area contributed by atoms with E-state index in [0.29, 0.717) is 17.6 Å². The second-order valence-electron chi connectivity index (χ2n) is 12.4.